The molecule has 0 spiro atoms. The Morgan fingerprint density at radius 3 is 2.58 bits per heavy atom. The van der Waals surface area contributed by atoms with Crippen molar-refractivity contribution in [3.8, 4) is 17.0 Å². The molecular weight excluding hydrogens is 525 g/mol. The zero-order chi connectivity index (χ0) is 26.5. The Bertz CT molecular complexity index is 1350. The molecule has 4 aromatic rings. The van der Waals surface area contributed by atoms with Gasteiger partial charge in [-0.1, -0.05) is 29.3 Å². The highest BCUT2D eigenvalue weighted by Crippen LogP contribution is 2.41. The van der Waals surface area contributed by atoms with Gasteiger partial charge in [0.25, 0.3) is 0 Å². The first-order valence-corrected chi connectivity index (χ1v) is 13.3. The van der Waals surface area contributed by atoms with Crippen LogP contribution in [0.1, 0.15) is 25.2 Å². The Morgan fingerprint density at radius 2 is 1.87 bits per heavy atom. The fourth-order valence-electron chi connectivity index (χ4n) is 4.47. The van der Waals surface area contributed by atoms with E-state index >= 15 is 0 Å². The summed E-state index contributed by atoms with van der Waals surface area (Å²) in [6.07, 6.45) is 5.30. The highest BCUT2D eigenvalue weighted by molar-refractivity contribution is 6.35. The van der Waals surface area contributed by atoms with E-state index in [1.165, 1.54) is 0 Å². The number of aromatic amines is 1. The molecule has 10 heteroatoms. The number of ether oxygens (including phenoxy) is 3. The maximum absolute atomic E-state index is 6.55. The third-order valence-corrected chi connectivity index (χ3v) is 6.98. The molecule has 2 aromatic carbocycles. The second-order valence-electron chi connectivity index (χ2n) is 8.89. The summed E-state index contributed by atoms with van der Waals surface area (Å²) in [5, 5.41) is 1.01. The van der Waals surface area contributed by atoms with Crippen molar-refractivity contribution in [2.75, 3.05) is 31.2 Å². The highest BCUT2D eigenvalue weighted by atomic mass is 35.5. The van der Waals surface area contributed by atoms with Crippen LogP contribution in [0, 0.1) is 0 Å². The summed E-state index contributed by atoms with van der Waals surface area (Å²) >= 11 is 12.7. The van der Waals surface area contributed by atoms with Crippen LogP contribution in [0.3, 0.4) is 0 Å². The van der Waals surface area contributed by atoms with Crippen LogP contribution in [0.2, 0.25) is 10.0 Å². The van der Waals surface area contributed by atoms with Gasteiger partial charge in [-0.3, -0.25) is 0 Å². The average Bonchev–Trinajstić information content (AvgIpc) is 3.59. The molecule has 38 heavy (non-hydrogen) atoms. The summed E-state index contributed by atoms with van der Waals surface area (Å²) < 4.78 is 18.8. The van der Waals surface area contributed by atoms with Gasteiger partial charge in [0.05, 0.1) is 23.7 Å². The van der Waals surface area contributed by atoms with E-state index in [2.05, 4.69) is 33.7 Å². The first-order chi connectivity index (χ1) is 18.5. The third kappa shape index (κ3) is 5.78. The van der Waals surface area contributed by atoms with Crippen LogP contribution in [0.25, 0.3) is 11.3 Å². The lowest BCUT2D eigenvalue weighted by molar-refractivity contribution is -0.179. The second-order valence-corrected chi connectivity index (χ2v) is 9.73. The van der Waals surface area contributed by atoms with Crippen molar-refractivity contribution in [3.05, 3.63) is 88.6 Å². The number of halogens is 2. The second kappa shape index (κ2) is 11.7. The van der Waals surface area contributed by atoms with Crippen molar-refractivity contribution in [3.63, 3.8) is 0 Å². The highest BCUT2D eigenvalue weighted by Gasteiger charge is 2.45. The van der Waals surface area contributed by atoms with E-state index < -0.39 is 5.79 Å². The summed E-state index contributed by atoms with van der Waals surface area (Å²) in [4.78, 5) is 18.7. The summed E-state index contributed by atoms with van der Waals surface area (Å²) in [5.41, 5.74) is 2.55. The van der Waals surface area contributed by atoms with Crippen LogP contribution < -0.4 is 9.64 Å². The number of benzene rings is 2. The molecule has 2 atom stereocenters. The predicted octanol–water partition coefficient (Wildman–Crippen LogP) is 5.91. The van der Waals surface area contributed by atoms with E-state index in [4.69, 9.17) is 42.4 Å². The Morgan fingerprint density at radius 1 is 1.05 bits per heavy atom. The first kappa shape index (κ1) is 26.4. The quantitative estimate of drug-likeness (QED) is 0.261. The number of H-pyrrole nitrogens is 1. The molecule has 8 nitrogen and oxygen atoms in total. The molecule has 2 aromatic heterocycles. The lowest BCUT2D eigenvalue weighted by Crippen LogP contribution is -2.33. The molecule has 5 rings (SSSR count). The molecule has 3 heterocycles. The van der Waals surface area contributed by atoms with E-state index in [9.17, 15) is 0 Å². The van der Waals surface area contributed by atoms with Gasteiger partial charge in [0.1, 0.15) is 24.3 Å². The maximum Gasteiger partial charge on any atom is 0.225 e. The van der Waals surface area contributed by atoms with Gasteiger partial charge in [-0.2, -0.15) is 0 Å². The third-order valence-electron chi connectivity index (χ3n) is 6.43. The lowest BCUT2D eigenvalue weighted by Gasteiger charge is -2.29. The Labute approximate surface area is 231 Å². The number of nitrogens with one attached hydrogen (secondary N) is 1. The normalized spacial score (nSPS) is 19.0. The fourth-order valence-corrected chi connectivity index (χ4v) is 5.02. The molecule has 1 N–H and O–H groups in total. The standard InChI is InChI=1S/C28H29Cl2N5O3/c1-3-35(4-2)27-33-12-11-25(34-27)19-5-8-21(9-6-19)36-17-22-18-37-28(38-22,16-26-31-13-14-32-26)23-10-7-20(29)15-24(23)30/h5-15,22H,3-4,16-18H2,1-2H3,(H,31,32)/t22-,28-/m1/s1. The Kier molecular flexibility index (Phi) is 8.14. The van der Waals surface area contributed by atoms with Crippen molar-refractivity contribution >= 4 is 29.2 Å². The summed E-state index contributed by atoms with van der Waals surface area (Å²) in [7, 11) is 0. The molecule has 0 radical (unpaired) electrons. The Balaban J connectivity index is 1.26. The number of hydrogen-bond acceptors (Lipinski definition) is 7. The minimum atomic E-state index is -1.10. The van der Waals surface area contributed by atoms with E-state index in [-0.39, 0.29) is 6.10 Å². The molecular formula is C28H29Cl2N5O3. The first-order valence-electron chi connectivity index (χ1n) is 12.6. The van der Waals surface area contributed by atoms with Gasteiger partial charge in [0.2, 0.25) is 11.7 Å². The monoisotopic (exact) mass is 553 g/mol. The van der Waals surface area contributed by atoms with E-state index in [1.807, 2.05) is 36.4 Å². The number of rotatable bonds is 10. The van der Waals surface area contributed by atoms with E-state index in [1.54, 1.807) is 30.7 Å². The van der Waals surface area contributed by atoms with Gasteiger partial charge in [-0.15, -0.1) is 0 Å². The number of imidazole rings is 1. The average molecular weight is 554 g/mol. The Hall–Kier alpha value is -3.17. The molecule has 0 bridgehead atoms. The zero-order valence-corrected chi connectivity index (χ0v) is 22.7. The maximum atomic E-state index is 6.55. The minimum absolute atomic E-state index is 0.310. The van der Waals surface area contributed by atoms with Gasteiger partial charge in [0, 0.05) is 47.8 Å². The summed E-state index contributed by atoms with van der Waals surface area (Å²) in [5.74, 6) is 1.07. The smallest absolute Gasteiger partial charge is 0.225 e. The molecule has 1 fully saturated rings. The molecule has 1 aliphatic heterocycles. The van der Waals surface area contributed by atoms with Crippen LogP contribution >= 0.6 is 23.2 Å². The van der Waals surface area contributed by atoms with E-state index in [0.717, 1.165) is 41.9 Å². The summed E-state index contributed by atoms with van der Waals surface area (Å²) in [6.45, 7) is 6.54. The fraction of sp³-hybridized carbons (Fsp3) is 0.321. The molecule has 0 unspecified atom stereocenters. The van der Waals surface area contributed by atoms with Crippen LogP contribution in [0.15, 0.2) is 67.1 Å². The van der Waals surface area contributed by atoms with Crippen LogP contribution in [-0.4, -0.2) is 52.3 Å². The zero-order valence-electron chi connectivity index (χ0n) is 21.2. The van der Waals surface area contributed by atoms with Crippen molar-refractivity contribution in [2.24, 2.45) is 0 Å². The SMILES string of the molecule is CCN(CC)c1nccc(-c2ccc(OC[C@@H]3CO[C@@](Cc4ncc[nH]4)(c4ccc(Cl)cc4Cl)O3)cc2)n1. The van der Waals surface area contributed by atoms with Gasteiger partial charge in [-0.05, 0) is 56.3 Å². The van der Waals surface area contributed by atoms with Gasteiger partial charge in [-0.25, -0.2) is 15.0 Å². The lowest BCUT2D eigenvalue weighted by atomic mass is 10.0. The van der Waals surface area contributed by atoms with Gasteiger partial charge < -0.3 is 24.1 Å². The van der Waals surface area contributed by atoms with Crippen LogP contribution in [0.5, 0.6) is 5.75 Å². The molecule has 198 valence electrons. The molecule has 0 saturated carbocycles. The topological polar surface area (TPSA) is 85.4 Å². The van der Waals surface area contributed by atoms with Crippen molar-refractivity contribution < 1.29 is 14.2 Å². The van der Waals surface area contributed by atoms with Crippen LogP contribution in [-0.2, 0) is 21.7 Å². The van der Waals surface area contributed by atoms with E-state index in [0.29, 0.717) is 35.2 Å². The van der Waals surface area contributed by atoms with Crippen LogP contribution in [0.4, 0.5) is 5.95 Å². The van der Waals surface area contributed by atoms with Crippen molar-refractivity contribution in [1.82, 2.24) is 19.9 Å². The number of hydrogen-bond donors (Lipinski definition) is 1. The van der Waals surface area contributed by atoms with Crippen molar-refractivity contribution in [2.45, 2.75) is 32.2 Å². The largest absolute Gasteiger partial charge is 0.491 e. The van der Waals surface area contributed by atoms with Gasteiger partial charge in [0.15, 0.2) is 0 Å². The number of aromatic nitrogens is 4. The molecule has 0 aliphatic carbocycles. The van der Waals surface area contributed by atoms with Crippen molar-refractivity contribution in [1.29, 1.82) is 0 Å². The van der Waals surface area contributed by atoms with Gasteiger partial charge >= 0.3 is 0 Å². The molecule has 0 amide bonds. The predicted molar refractivity (Wildman–Crippen MR) is 148 cm³/mol. The molecule has 1 saturated heterocycles. The number of anilines is 1. The minimum Gasteiger partial charge on any atom is -0.491 e. The number of nitrogens with zero attached hydrogens (tertiary/aromatic N) is 4. The molecule has 1 aliphatic rings. The summed E-state index contributed by atoms with van der Waals surface area (Å²) in [6, 6.07) is 15.0.